The van der Waals surface area contributed by atoms with Gasteiger partial charge < -0.3 is 15.7 Å². The van der Waals surface area contributed by atoms with E-state index in [2.05, 4.69) is 23.8 Å². The van der Waals surface area contributed by atoms with Gasteiger partial charge in [-0.15, -0.1) is 0 Å². The van der Waals surface area contributed by atoms with Crippen LogP contribution in [0.3, 0.4) is 0 Å². The van der Waals surface area contributed by atoms with E-state index in [4.69, 9.17) is 5.73 Å². The van der Waals surface area contributed by atoms with E-state index in [1.54, 1.807) is 6.07 Å². The molecule has 0 aliphatic carbocycles. The second kappa shape index (κ2) is 5.90. The lowest BCUT2D eigenvalue weighted by Crippen LogP contribution is -2.29. The molecule has 1 aromatic carbocycles. The average Bonchev–Trinajstić information content (AvgIpc) is 2.39. The summed E-state index contributed by atoms with van der Waals surface area (Å²) in [6, 6.07) is 5.51. The monoisotopic (exact) mass is 244 g/mol. The van der Waals surface area contributed by atoms with Crippen molar-refractivity contribution in [3.05, 3.63) is 29.3 Å². The molecule has 0 amide bonds. The zero-order valence-corrected chi connectivity index (χ0v) is 10.8. The molecule has 18 heavy (non-hydrogen) atoms. The third-order valence-corrected chi connectivity index (χ3v) is 3.43. The zero-order valence-electron chi connectivity index (χ0n) is 10.8. The summed E-state index contributed by atoms with van der Waals surface area (Å²) in [7, 11) is 2.15. The van der Waals surface area contributed by atoms with Crippen LogP contribution in [0.5, 0.6) is 0 Å². The Balaban J connectivity index is 2.09. The Morgan fingerprint density at radius 2 is 2.11 bits per heavy atom. The van der Waals surface area contributed by atoms with Gasteiger partial charge in [-0.05, 0) is 56.7 Å². The highest BCUT2D eigenvalue weighted by atomic mass is 16.3. The minimum absolute atomic E-state index is 0.0115. The van der Waals surface area contributed by atoms with E-state index in [9.17, 15) is 5.11 Å². The number of anilines is 1. The quantitative estimate of drug-likeness (QED) is 0.581. The molecule has 1 aliphatic rings. The molecule has 0 atom stereocenters. The number of hydrogen-bond acceptors (Lipinski definition) is 3. The van der Waals surface area contributed by atoms with Crippen molar-refractivity contribution in [1.82, 2.24) is 4.90 Å². The van der Waals surface area contributed by atoms with E-state index >= 15 is 0 Å². The molecule has 0 radical (unpaired) electrons. The summed E-state index contributed by atoms with van der Waals surface area (Å²) in [5, 5.41) is 9.28. The van der Waals surface area contributed by atoms with Gasteiger partial charge >= 0.3 is 0 Å². The van der Waals surface area contributed by atoms with E-state index in [0.29, 0.717) is 11.6 Å². The molecule has 1 aromatic rings. The maximum absolute atomic E-state index is 9.28. The summed E-state index contributed by atoms with van der Waals surface area (Å²) in [5.41, 5.74) is 8.07. The highest BCUT2D eigenvalue weighted by molar-refractivity contribution is 5.50. The summed E-state index contributed by atoms with van der Waals surface area (Å²) >= 11 is 0. The maximum Gasteiger partial charge on any atom is 0.0694 e. The minimum Gasteiger partial charge on any atom is -0.399 e. The largest absolute Gasteiger partial charge is 0.399 e. The zero-order chi connectivity index (χ0) is 13.0. The number of nitrogens with two attached hydrogens (primary N) is 1. The molecule has 0 saturated carbocycles. The Morgan fingerprint density at radius 1 is 1.39 bits per heavy atom. The van der Waals surface area contributed by atoms with Crippen LogP contribution in [-0.2, 0) is 6.61 Å². The molecule has 96 valence electrons. The predicted octanol–water partition coefficient (Wildman–Crippen LogP) is 1.45. The standard InChI is InChI=1S/C15H20N2O/c1-17-8-6-12(7-9-17)2-3-13-4-5-15(16)10-14(13)11-18/h4-5,10,12,18H,6-9,11,16H2,1H3. The minimum atomic E-state index is -0.0115. The smallest absolute Gasteiger partial charge is 0.0694 e. The third kappa shape index (κ3) is 3.25. The number of aliphatic hydroxyl groups is 1. The van der Waals surface area contributed by atoms with Crippen molar-refractivity contribution >= 4 is 5.69 Å². The highest BCUT2D eigenvalue weighted by Crippen LogP contribution is 2.16. The molecule has 1 aliphatic heterocycles. The SMILES string of the molecule is CN1CCC(C#Cc2ccc(N)cc2CO)CC1. The molecule has 0 unspecified atom stereocenters. The van der Waals surface area contributed by atoms with Crippen molar-refractivity contribution in [1.29, 1.82) is 0 Å². The topological polar surface area (TPSA) is 49.5 Å². The average molecular weight is 244 g/mol. The number of likely N-dealkylation sites (tertiary alicyclic amines) is 1. The Morgan fingerprint density at radius 3 is 2.78 bits per heavy atom. The molecule has 0 aromatic heterocycles. The Hall–Kier alpha value is -1.50. The summed E-state index contributed by atoms with van der Waals surface area (Å²) in [4.78, 5) is 2.33. The third-order valence-electron chi connectivity index (χ3n) is 3.43. The normalized spacial score (nSPS) is 17.2. The maximum atomic E-state index is 9.28. The van der Waals surface area contributed by atoms with Gasteiger partial charge in [0.25, 0.3) is 0 Å². The van der Waals surface area contributed by atoms with Crippen LogP contribution in [0.25, 0.3) is 0 Å². The Bertz CT molecular complexity index is 465. The molecule has 3 N–H and O–H groups in total. The molecular formula is C15H20N2O. The number of piperidine rings is 1. The summed E-state index contributed by atoms with van der Waals surface area (Å²) in [6.07, 6.45) is 2.26. The molecule has 3 heteroatoms. The fraction of sp³-hybridized carbons (Fsp3) is 0.467. The van der Waals surface area contributed by atoms with Crippen LogP contribution >= 0.6 is 0 Å². The molecule has 3 nitrogen and oxygen atoms in total. The van der Waals surface area contributed by atoms with Gasteiger partial charge in [0.1, 0.15) is 0 Å². The number of aliphatic hydroxyl groups excluding tert-OH is 1. The van der Waals surface area contributed by atoms with Crippen molar-refractivity contribution in [3.8, 4) is 11.8 Å². The molecular weight excluding hydrogens is 224 g/mol. The number of hydrogen-bond donors (Lipinski definition) is 2. The van der Waals surface area contributed by atoms with E-state index < -0.39 is 0 Å². The van der Waals surface area contributed by atoms with Crippen molar-refractivity contribution in [2.75, 3.05) is 25.9 Å². The molecule has 1 saturated heterocycles. The van der Waals surface area contributed by atoms with Gasteiger partial charge in [0, 0.05) is 17.2 Å². The number of nitrogens with zero attached hydrogens (tertiary/aromatic N) is 1. The van der Waals surface area contributed by atoms with Crippen molar-refractivity contribution in [2.24, 2.45) is 5.92 Å². The van der Waals surface area contributed by atoms with Gasteiger partial charge in [-0.3, -0.25) is 0 Å². The lowest BCUT2D eigenvalue weighted by Gasteiger charge is -2.25. The van der Waals surface area contributed by atoms with Crippen LogP contribution in [0.4, 0.5) is 5.69 Å². The molecule has 0 spiro atoms. The van der Waals surface area contributed by atoms with Gasteiger partial charge in [0.05, 0.1) is 6.61 Å². The summed E-state index contributed by atoms with van der Waals surface area (Å²) < 4.78 is 0. The second-order valence-electron chi connectivity index (χ2n) is 4.92. The van der Waals surface area contributed by atoms with Gasteiger partial charge in [-0.25, -0.2) is 0 Å². The highest BCUT2D eigenvalue weighted by Gasteiger charge is 2.14. The predicted molar refractivity (Wildman–Crippen MR) is 73.9 cm³/mol. The van der Waals surface area contributed by atoms with Crippen LogP contribution in [0.2, 0.25) is 0 Å². The van der Waals surface area contributed by atoms with E-state index in [0.717, 1.165) is 37.1 Å². The van der Waals surface area contributed by atoms with Crippen LogP contribution < -0.4 is 5.73 Å². The lowest BCUT2D eigenvalue weighted by molar-refractivity contribution is 0.248. The fourth-order valence-corrected chi connectivity index (χ4v) is 2.20. The summed E-state index contributed by atoms with van der Waals surface area (Å²) in [6.45, 7) is 2.23. The van der Waals surface area contributed by atoms with Crippen LogP contribution in [0.15, 0.2) is 18.2 Å². The van der Waals surface area contributed by atoms with Crippen molar-refractivity contribution < 1.29 is 5.11 Å². The molecule has 0 bridgehead atoms. The fourth-order valence-electron chi connectivity index (χ4n) is 2.20. The molecule has 1 heterocycles. The van der Waals surface area contributed by atoms with Gasteiger partial charge in [-0.2, -0.15) is 0 Å². The van der Waals surface area contributed by atoms with Crippen LogP contribution in [0.1, 0.15) is 24.0 Å². The Labute approximate surface area is 109 Å². The summed E-state index contributed by atoms with van der Waals surface area (Å²) in [5.74, 6) is 6.99. The number of benzene rings is 1. The van der Waals surface area contributed by atoms with Crippen LogP contribution in [-0.4, -0.2) is 30.1 Å². The number of nitrogen functional groups attached to an aromatic ring is 1. The van der Waals surface area contributed by atoms with Crippen molar-refractivity contribution in [3.63, 3.8) is 0 Å². The molecule has 1 fully saturated rings. The first-order valence-electron chi connectivity index (χ1n) is 6.38. The second-order valence-corrected chi connectivity index (χ2v) is 4.92. The van der Waals surface area contributed by atoms with Crippen LogP contribution in [0, 0.1) is 17.8 Å². The first-order chi connectivity index (χ1) is 8.69. The lowest BCUT2D eigenvalue weighted by atomic mass is 9.97. The van der Waals surface area contributed by atoms with E-state index in [-0.39, 0.29) is 6.61 Å². The van der Waals surface area contributed by atoms with E-state index in [1.165, 1.54) is 0 Å². The number of rotatable bonds is 1. The molecule has 2 rings (SSSR count). The van der Waals surface area contributed by atoms with Gasteiger partial charge in [0.2, 0.25) is 0 Å². The Kier molecular flexibility index (Phi) is 4.24. The van der Waals surface area contributed by atoms with Crippen molar-refractivity contribution in [2.45, 2.75) is 19.4 Å². The van der Waals surface area contributed by atoms with Gasteiger partial charge in [0.15, 0.2) is 0 Å². The first-order valence-corrected chi connectivity index (χ1v) is 6.38. The first kappa shape index (κ1) is 12.9. The van der Waals surface area contributed by atoms with E-state index in [1.807, 2.05) is 12.1 Å². The van der Waals surface area contributed by atoms with Gasteiger partial charge in [-0.1, -0.05) is 11.8 Å².